The van der Waals surface area contributed by atoms with Crippen LogP contribution in [-0.4, -0.2) is 34.6 Å². The molecule has 6 heteroatoms. The van der Waals surface area contributed by atoms with E-state index >= 15 is 0 Å². The first kappa shape index (κ1) is 21.1. The molecule has 0 saturated heterocycles. The first-order chi connectivity index (χ1) is 11.0. The van der Waals surface area contributed by atoms with Crippen LogP contribution in [0, 0.1) is 0 Å². The van der Waals surface area contributed by atoms with Crippen LogP contribution < -0.4 is 5.32 Å². The predicted octanol–water partition coefficient (Wildman–Crippen LogP) is 3.12. The minimum atomic E-state index is -1.12. The lowest BCUT2D eigenvalue weighted by molar-refractivity contribution is -0.137. The summed E-state index contributed by atoms with van der Waals surface area (Å²) in [6.07, 6.45) is 12.9. The standard InChI is InChI=1S/C17H29NO5/c19-15(12-13-17(22)23)18-14-10-8-6-4-2-1-3-5-7-9-11-16(20)21/h12-13H,1-11,14H2,(H,18,19)(H,20,21)(H,22,23)/b13-12-. The summed E-state index contributed by atoms with van der Waals surface area (Å²) in [5, 5.41) is 19.5. The summed E-state index contributed by atoms with van der Waals surface area (Å²) in [4.78, 5) is 31.7. The van der Waals surface area contributed by atoms with E-state index in [1.807, 2.05) is 0 Å². The van der Waals surface area contributed by atoms with Crippen LogP contribution in [0.25, 0.3) is 0 Å². The van der Waals surface area contributed by atoms with Crippen LogP contribution in [0.2, 0.25) is 0 Å². The van der Waals surface area contributed by atoms with Gasteiger partial charge in [0.2, 0.25) is 5.91 Å². The van der Waals surface area contributed by atoms with Gasteiger partial charge < -0.3 is 15.5 Å². The second kappa shape index (κ2) is 15.1. The number of carbonyl (C=O) groups is 3. The van der Waals surface area contributed by atoms with Gasteiger partial charge in [0, 0.05) is 25.1 Å². The van der Waals surface area contributed by atoms with E-state index in [2.05, 4.69) is 5.32 Å². The zero-order chi connectivity index (χ0) is 17.3. The molecular weight excluding hydrogens is 298 g/mol. The molecule has 0 bridgehead atoms. The van der Waals surface area contributed by atoms with Gasteiger partial charge in [0.25, 0.3) is 0 Å². The van der Waals surface area contributed by atoms with Crippen molar-refractivity contribution in [1.82, 2.24) is 5.32 Å². The van der Waals surface area contributed by atoms with Crippen molar-refractivity contribution in [2.75, 3.05) is 6.54 Å². The Kier molecular flexibility index (Phi) is 13.8. The monoisotopic (exact) mass is 327 g/mol. The second-order valence-electron chi connectivity index (χ2n) is 5.64. The van der Waals surface area contributed by atoms with E-state index in [1.54, 1.807) is 0 Å². The molecular formula is C17H29NO5. The third-order valence-electron chi connectivity index (χ3n) is 3.49. The van der Waals surface area contributed by atoms with E-state index in [9.17, 15) is 14.4 Å². The number of unbranched alkanes of at least 4 members (excludes halogenated alkanes) is 9. The maximum Gasteiger partial charge on any atom is 0.328 e. The summed E-state index contributed by atoms with van der Waals surface area (Å²) in [6.45, 7) is 0.576. The van der Waals surface area contributed by atoms with Crippen LogP contribution in [0.15, 0.2) is 12.2 Å². The summed E-state index contributed by atoms with van der Waals surface area (Å²) in [7, 11) is 0. The van der Waals surface area contributed by atoms with Gasteiger partial charge in [-0.1, -0.05) is 51.4 Å². The lowest BCUT2D eigenvalue weighted by Crippen LogP contribution is -2.22. The summed E-state index contributed by atoms with van der Waals surface area (Å²) < 4.78 is 0. The highest BCUT2D eigenvalue weighted by atomic mass is 16.4. The summed E-state index contributed by atoms with van der Waals surface area (Å²) >= 11 is 0. The van der Waals surface area contributed by atoms with Crippen LogP contribution in [-0.2, 0) is 14.4 Å². The van der Waals surface area contributed by atoms with Crippen LogP contribution in [0.5, 0.6) is 0 Å². The number of amides is 1. The predicted molar refractivity (Wildman–Crippen MR) is 88.2 cm³/mol. The number of carbonyl (C=O) groups excluding carboxylic acids is 1. The Morgan fingerprint density at radius 1 is 0.696 bits per heavy atom. The van der Waals surface area contributed by atoms with Crippen molar-refractivity contribution in [2.24, 2.45) is 0 Å². The van der Waals surface area contributed by atoms with Gasteiger partial charge in [0.15, 0.2) is 0 Å². The summed E-state index contributed by atoms with van der Waals surface area (Å²) in [6, 6.07) is 0. The van der Waals surface area contributed by atoms with E-state index in [4.69, 9.17) is 10.2 Å². The Morgan fingerprint density at radius 2 is 1.17 bits per heavy atom. The molecule has 0 spiro atoms. The van der Waals surface area contributed by atoms with Gasteiger partial charge in [0.05, 0.1) is 0 Å². The average Bonchev–Trinajstić information content (AvgIpc) is 2.49. The van der Waals surface area contributed by atoms with Gasteiger partial charge in [-0.25, -0.2) is 4.79 Å². The van der Waals surface area contributed by atoms with Gasteiger partial charge in [-0.2, -0.15) is 0 Å². The molecule has 0 saturated carbocycles. The first-order valence-electron chi connectivity index (χ1n) is 8.43. The zero-order valence-corrected chi connectivity index (χ0v) is 13.8. The number of nitrogens with one attached hydrogen (secondary N) is 1. The van der Waals surface area contributed by atoms with Gasteiger partial charge in [-0.05, 0) is 12.8 Å². The topological polar surface area (TPSA) is 104 Å². The molecule has 0 fully saturated rings. The van der Waals surface area contributed by atoms with Crippen LogP contribution in [0.4, 0.5) is 0 Å². The number of rotatable bonds is 15. The van der Waals surface area contributed by atoms with Gasteiger partial charge in [-0.3, -0.25) is 9.59 Å². The minimum absolute atomic E-state index is 0.280. The quantitative estimate of drug-likeness (QED) is 0.317. The first-order valence-corrected chi connectivity index (χ1v) is 8.43. The normalized spacial score (nSPS) is 10.8. The Bertz CT molecular complexity index is 379. The lowest BCUT2D eigenvalue weighted by atomic mass is 10.1. The fraction of sp³-hybridized carbons (Fsp3) is 0.706. The van der Waals surface area contributed by atoms with E-state index in [1.165, 1.54) is 25.7 Å². The number of aliphatic carboxylic acids is 2. The average molecular weight is 327 g/mol. The molecule has 0 aliphatic heterocycles. The molecule has 0 unspecified atom stereocenters. The lowest BCUT2D eigenvalue weighted by Gasteiger charge is -2.03. The van der Waals surface area contributed by atoms with Gasteiger partial charge in [0.1, 0.15) is 0 Å². The maximum absolute atomic E-state index is 11.2. The molecule has 0 aromatic carbocycles. The van der Waals surface area contributed by atoms with Crippen LogP contribution in [0.1, 0.15) is 70.6 Å². The largest absolute Gasteiger partial charge is 0.481 e. The molecule has 132 valence electrons. The third-order valence-corrected chi connectivity index (χ3v) is 3.49. The zero-order valence-electron chi connectivity index (χ0n) is 13.8. The molecule has 0 heterocycles. The van der Waals surface area contributed by atoms with Crippen molar-refractivity contribution >= 4 is 17.8 Å². The molecule has 0 aliphatic carbocycles. The Balaban J connectivity index is 3.20. The van der Waals surface area contributed by atoms with E-state index in [-0.39, 0.29) is 12.3 Å². The van der Waals surface area contributed by atoms with Crippen LogP contribution in [0.3, 0.4) is 0 Å². The maximum atomic E-state index is 11.2. The molecule has 3 N–H and O–H groups in total. The number of carboxylic acid groups (broad SMARTS) is 2. The number of hydrogen-bond donors (Lipinski definition) is 3. The molecule has 23 heavy (non-hydrogen) atoms. The SMILES string of the molecule is O=C(O)/C=C\C(=O)NCCCCCCCCCCCCC(=O)O. The highest BCUT2D eigenvalue weighted by molar-refractivity contribution is 5.93. The molecule has 0 aromatic heterocycles. The Hall–Kier alpha value is -1.85. The Labute approximate surface area is 138 Å². The van der Waals surface area contributed by atoms with Gasteiger partial charge >= 0.3 is 11.9 Å². The van der Waals surface area contributed by atoms with Crippen LogP contribution >= 0.6 is 0 Å². The molecule has 0 aliphatic rings. The number of carboxylic acids is 2. The number of hydrogen-bond acceptors (Lipinski definition) is 3. The summed E-state index contributed by atoms with van der Waals surface area (Å²) in [5.41, 5.74) is 0. The molecule has 0 atom stereocenters. The molecule has 6 nitrogen and oxygen atoms in total. The van der Waals surface area contributed by atoms with E-state index < -0.39 is 11.9 Å². The summed E-state index contributed by atoms with van der Waals surface area (Å²) in [5.74, 6) is -2.20. The van der Waals surface area contributed by atoms with Crippen molar-refractivity contribution in [2.45, 2.75) is 70.6 Å². The second-order valence-corrected chi connectivity index (χ2v) is 5.64. The van der Waals surface area contributed by atoms with E-state index in [0.717, 1.165) is 50.7 Å². The van der Waals surface area contributed by atoms with Crippen molar-refractivity contribution in [3.63, 3.8) is 0 Å². The van der Waals surface area contributed by atoms with Crippen molar-refractivity contribution < 1.29 is 24.6 Å². The fourth-order valence-electron chi connectivity index (χ4n) is 2.23. The highest BCUT2D eigenvalue weighted by Crippen LogP contribution is 2.11. The Morgan fingerprint density at radius 3 is 1.65 bits per heavy atom. The molecule has 0 radical (unpaired) electrons. The minimum Gasteiger partial charge on any atom is -0.481 e. The third kappa shape index (κ3) is 18.1. The van der Waals surface area contributed by atoms with Crippen molar-refractivity contribution in [1.29, 1.82) is 0 Å². The van der Waals surface area contributed by atoms with Crippen molar-refractivity contribution in [3.05, 3.63) is 12.2 Å². The molecule has 0 rings (SSSR count). The smallest absolute Gasteiger partial charge is 0.328 e. The molecule has 1 amide bonds. The fourth-order valence-corrected chi connectivity index (χ4v) is 2.23. The van der Waals surface area contributed by atoms with Crippen molar-refractivity contribution in [3.8, 4) is 0 Å². The van der Waals surface area contributed by atoms with E-state index in [0.29, 0.717) is 6.54 Å². The van der Waals surface area contributed by atoms with Gasteiger partial charge in [-0.15, -0.1) is 0 Å². The molecule has 0 aromatic rings. The highest BCUT2D eigenvalue weighted by Gasteiger charge is 1.98.